The molecule has 0 unspecified atom stereocenters. The molecule has 0 amide bonds. The van der Waals surface area contributed by atoms with Crippen LogP contribution in [0.3, 0.4) is 0 Å². The monoisotopic (exact) mass is 241 g/mol. The molecule has 0 fully saturated rings. The van der Waals surface area contributed by atoms with Crippen molar-refractivity contribution in [3.05, 3.63) is 29.6 Å². The fraction of sp³-hybridized carbons (Fsp3) is 0.538. The van der Waals surface area contributed by atoms with Crippen LogP contribution in [0.1, 0.15) is 38.8 Å². The van der Waals surface area contributed by atoms with E-state index in [1.165, 1.54) is 12.5 Å². The lowest BCUT2D eigenvalue weighted by molar-refractivity contribution is 0.618. The molecule has 0 spiro atoms. The zero-order valence-corrected chi connectivity index (χ0v) is 11.0. The average Bonchev–Trinajstić information content (AvgIpc) is 2.19. The summed E-state index contributed by atoms with van der Waals surface area (Å²) in [4.78, 5) is 1.11. The predicted molar refractivity (Wildman–Crippen MR) is 69.2 cm³/mol. The molecule has 0 saturated carbocycles. The van der Waals surface area contributed by atoms with Crippen molar-refractivity contribution >= 4 is 11.8 Å². The molecule has 3 heteroatoms. The number of hydrogen-bond donors (Lipinski definition) is 1. The van der Waals surface area contributed by atoms with Crippen LogP contribution in [0, 0.1) is 11.7 Å². The molecular weight excluding hydrogens is 221 g/mol. The maximum Gasteiger partial charge on any atom is 0.123 e. The Morgan fingerprint density at radius 1 is 1.31 bits per heavy atom. The van der Waals surface area contributed by atoms with Crippen LogP contribution in [0.15, 0.2) is 23.1 Å². The Morgan fingerprint density at radius 2 is 2.00 bits per heavy atom. The van der Waals surface area contributed by atoms with Gasteiger partial charge in [-0.3, -0.25) is 0 Å². The lowest BCUT2D eigenvalue weighted by Gasteiger charge is -2.13. The Balaban J connectivity index is 2.71. The second kappa shape index (κ2) is 6.26. The molecule has 1 aromatic carbocycles. The van der Waals surface area contributed by atoms with Gasteiger partial charge in [-0.15, -0.1) is 11.8 Å². The van der Waals surface area contributed by atoms with E-state index in [1.807, 2.05) is 13.0 Å². The summed E-state index contributed by atoms with van der Waals surface area (Å²) in [5.41, 5.74) is 6.75. The van der Waals surface area contributed by atoms with Crippen LogP contribution in [-0.2, 0) is 0 Å². The first kappa shape index (κ1) is 13.5. The van der Waals surface area contributed by atoms with Gasteiger partial charge in [0.2, 0.25) is 0 Å². The molecule has 1 aromatic rings. The molecule has 0 heterocycles. The van der Waals surface area contributed by atoms with Gasteiger partial charge in [0.05, 0.1) is 0 Å². The zero-order chi connectivity index (χ0) is 12.1. The highest BCUT2D eigenvalue weighted by molar-refractivity contribution is 7.99. The van der Waals surface area contributed by atoms with Gasteiger partial charge >= 0.3 is 0 Å². The molecule has 0 aliphatic rings. The molecule has 0 bridgehead atoms. The summed E-state index contributed by atoms with van der Waals surface area (Å²) >= 11 is 1.77. The van der Waals surface area contributed by atoms with Crippen LogP contribution in [0.2, 0.25) is 0 Å². The molecule has 90 valence electrons. The second-order valence-electron chi connectivity index (χ2n) is 4.50. The molecule has 0 radical (unpaired) electrons. The molecule has 1 nitrogen and oxygen atoms in total. The molecule has 1 atom stereocenters. The van der Waals surface area contributed by atoms with E-state index in [-0.39, 0.29) is 11.9 Å². The lowest BCUT2D eigenvalue weighted by Crippen LogP contribution is -2.07. The Morgan fingerprint density at radius 3 is 2.56 bits per heavy atom. The smallest absolute Gasteiger partial charge is 0.123 e. The highest BCUT2D eigenvalue weighted by Crippen LogP contribution is 2.28. The first-order valence-electron chi connectivity index (χ1n) is 5.68. The van der Waals surface area contributed by atoms with Crippen molar-refractivity contribution in [2.24, 2.45) is 11.7 Å². The Kier molecular flexibility index (Phi) is 5.29. The Bertz CT molecular complexity index is 337. The second-order valence-corrected chi connectivity index (χ2v) is 5.64. The van der Waals surface area contributed by atoms with Gasteiger partial charge in [0.15, 0.2) is 0 Å². The van der Waals surface area contributed by atoms with Crippen LogP contribution < -0.4 is 5.73 Å². The summed E-state index contributed by atoms with van der Waals surface area (Å²) in [7, 11) is 0. The molecule has 1 rings (SSSR count). The number of hydrogen-bond acceptors (Lipinski definition) is 2. The third-order valence-corrected chi connectivity index (χ3v) is 3.54. The summed E-state index contributed by atoms with van der Waals surface area (Å²) in [6.07, 6.45) is 1.17. The van der Waals surface area contributed by atoms with E-state index in [9.17, 15) is 4.39 Å². The fourth-order valence-electron chi connectivity index (χ4n) is 1.41. The van der Waals surface area contributed by atoms with E-state index < -0.39 is 0 Å². The summed E-state index contributed by atoms with van der Waals surface area (Å²) in [6.45, 7) is 6.30. The maximum atomic E-state index is 13.1. The minimum atomic E-state index is -0.208. The number of halogens is 1. The number of benzene rings is 1. The third kappa shape index (κ3) is 4.14. The molecule has 2 N–H and O–H groups in total. The number of nitrogens with two attached hydrogens (primary N) is 1. The van der Waals surface area contributed by atoms with Gasteiger partial charge in [0.1, 0.15) is 5.82 Å². The summed E-state index contributed by atoms with van der Waals surface area (Å²) in [5.74, 6) is 1.55. The van der Waals surface area contributed by atoms with Gasteiger partial charge in [0, 0.05) is 10.9 Å². The van der Waals surface area contributed by atoms with Crippen molar-refractivity contribution in [2.75, 3.05) is 5.75 Å². The van der Waals surface area contributed by atoms with Gasteiger partial charge in [-0.2, -0.15) is 0 Å². The largest absolute Gasteiger partial charge is 0.324 e. The van der Waals surface area contributed by atoms with Crippen LogP contribution in [0.25, 0.3) is 0 Å². The minimum Gasteiger partial charge on any atom is -0.324 e. The van der Waals surface area contributed by atoms with Crippen molar-refractivity contribution in [3.8, 4) is 0 Å². The Labute approximate surface area is 102 Å². The highest BCUT2D eigenvalue weighted by Gasteiger charge is 2.08. The van der Waals surface area contributed by atoms with Crippen molar-refractivity contribution < 1.29 is 4.39 Å². The molecule has 0 aliphatic carbocycles. The van der Waals surface area contributed by atoms with Gasteiger partial charge in [0.25, 0.3) is 0 Å². The van der Waals surface area contributed by atoms with E-state index in [0.717, 1.165) is 16.2 Å². The van der Waals surface area contributed by atoms with Crippen molar-refractivity contribution in [1.29, 1.82) is 0 Å². The predicted octanol–water partition coefficient (Wildman–Crippen LogP) is 3.98. The van der Waals surface area contributed by atoms with E-state index >= 15 is 0 Å². The van der Waals surface area contributed by atoms with Gasteiger partial charge in [-0.05, 0) is 48.8 Å². The number of rotatable bonds is 5. The first-order valence-corrected chi connectivity index (χ1v) is 6.67. The van der Waals surface area contributed by atoms with E-state index in [1.54, 1.807) is 17.8 Å². The molecule has 16 heavy (non-hydrogen) atoms. The van der Waals surface area contributed by atoms with Gasteiger partial charge in [-0.25, -0.2) is 4.39 Å². The van der Waals surface area contributed by atoms with Crippen molar-refractivity contribution in [2.45, 2.75) is 38.1 Å². The topological polar surface area (TPSA) is 26.0 Å². The van der Waals surface area contributed by atoms with Crippen LogP contribution in [-0.4, -0.2) is 5.75 Å². The summed E-state index contributed by atoms with van der Waals surface area (Å²) < 4.78 is 13.1. The minimum absolute atomic E-state index is 0.114. The van der Waals surface area contributed by atoms with E-state index in [0.29, 0.717) is 5.92 Å². The fourth-order valence-corrected chi connectivity index (χ4v) is 2.80. The molecule has 0 aliphatic heterocycles. The van der Waals surface area contributed by atoms with Gasteiger partial charge < -0.3 is 5.73 Å². The summed E-state index contributed by atoms with van der Waals surface area (Å²) in [5, 5.41) is 0. The van der Waals surface area contributed by atoms with Gasteiger partial charge in [-0.1, -0.05) is 13.8 Å². The third-order valence-electron chi connectivity index (χ3n) is 2.42. The SMILES string of the molecule is CC(C)CCSc1ccc(F)cc1[C@H](C)N. The quantitative estimate of drug-likeness (QED) is 0.789. The first-order chi connectivity index (χ1) is 7.50. The lowest BCUT2D eigenvalue weighted by atomic mass is 10.1. The normalized spacial score (nSPS) is 13.1. The van der Waals surface area contributed by atoms with Crippen LogP contribution in [0.4, 0.5) is 4.39 Å². The van der Waals surface area contributed by atoms with Crippen molar-refractivity contribution in [1.82, 2.24) is 0 Å². The van der Waals surface area contributed by atoms with Crippen molar-refractivity contribution in [3.63, 3.8) is 0 Å². The standard InChI is InChI=1S/C13H20FNS/c1-9(2)6-7-16-13-5-4-11(14)8-12(13)10(3)15/h4-5,8-10H,6-7,15H2,1-3H3/t10-/m0/s1. The van der Waals surface area contributed by atoms with Crippen LogP contribution in [0.5, 0.6) is 0 Å². The maximum absolute atomic E-state index is 13.1. The average molecular weight is 241 g/mol. The molecule has 0 aromatic heterocycles. The van der Waals surface area contributed by atoms with Crippen LogP contribution >= 0.6 is 11.8 Å². The van der Waals surface area contributed by atoms with E-state index in [4.69, 9.17) is 5.73 Å². The van der Waals surface area contributed by atoms with E-state index in [2.05, 4.69) is 13.8 Å². The summed E-state index contributed by atoms with van der Waals surface area (Å²) in [6, 6.07) is 4.77. The number of thioether (sulfide) groups is 1. The Hall–Kier alpha value is -0.540. The molecule has 0 saturated heterocycles. The zero-order valence-electron chi connectivity index (χ0n) is 10.2. The highest BCUT2D eigenvalue weighted by atomic mass is 32.2. The molecular formula is C13H20FNS.